The van der Waals surface area contributed by atoms with Gasteiger partial charge >= 0.3 is 0 Å². The predicted molar refractivity (Wildman–Crippen MR) is 104 cm³/mol. The molecule has 0 unspecified atom stereocenters. The Morgan fingerprint density at radius 1 is 1.15 bits per heavy atom. The van der Waals surface area contributed by atoms with Crippen LogP contribution in [0.15, 0.2) is 47.6 Å². The number of pyridine rings is 1. The zero-order valence-corrected chi connectivity index (χ0v) is 15.7. The first-order valence-corrected chi connectivity index (χ1v) is 10.1. The summed E-state index contributed by atoms with van der Waals surface area (Å²) in [6.07, 6.45) is 7.37. The zero-order valence-electron chi connectivity index (χ0n) is 14.9. The van der Waals surface area contributed by atoms with Crippen LogP contribution in [0.1, 0.15) is 34.6 Å². The molecule has 138 valence electrons. The summed E-state index contributed by atoms with van der Waals surface area (Å²) in [5, 5.41) is 8.36. The zero-order chi connectivity index (χ0) is 18.8. The van der Waals surface area contributed by atoms with E-state index < -0.39 is 0 Å². The first-order valence-electron chi connectivity index (χ1n) is 8.84. The van der Waals surface area contributed by atoms with E-state index in [0.29, 0.717) is 11.4 Å². The maximum atomic E-state index is 13.3. The van der Waals surface area contributed by atoms with Gasteiger partial charge in [-0.25, -0.2) is 14.1 Å². The van der Waals surface area contributed by atoms with Gasteiger partial charge in [0, 0.05) is 11.3 Å². The molecule has 0 aliphatic heterocycles. The molecule has 2 heterocycles. The van der Waals surface area contributed by atoms with Crippen molar-refractivity contribution in [3.8, 4) is 5.69 Å². The summed E-state index contributed by atoms with van der Waals surface area (Å²) < 4.78 is 15.0. The molecular formula is C20H19FN4OS. The predicted octanol–water partition coefficient (Wildman–Crippen LogP) is 4.26. The van der Waals surface area contributed by atoms with Crippen molar-refractivity contribution in [2.75, 3.05) is 11.6 Å². The minimum absolute atomic E-state index is 0.243. The summed E-state index contributed by atoms with van der Waals surface area (Å²) in [5.41, 5.74) is 3.85. The third-order valence-electron chi connectivity index (χ3n) is 4.67. The second kappa shape index (κ2) is 7.52. The Morgan fingerprint density at radius 3 is 2.63 bits per heavy atom. The van der Waals surface area contributed by atoms with E-state index in [2.05, 4.69) is 15.4 Å². The van der Waals surface area contributed by atoms with E-state index in [1.807, 2.05) is 18.4 Å². The Kier molecular flexibility index (Phi) is 4.94. The third-order valence-corrected chi connectivity index (χ3v) is 5.33. The molecule has 4 rings (SSSR count). The van der Waals surface area contributed by atoms with Gasteiger partial charge in [-0.15, -0.1) is 11.8 Å². The van der Waals surface area contributed by atoms with Crippen molar-refractivity contribution in [3.05, 3.63) is 65.4 Å². The second-order valence-corrected chi connectivity index (χ2v) is 7.24. The number of carbonyl (C=O) groups is 1. The second-order valence-electron chi connectivity index (χ2n) is 6.41. The number of rotatable bonds is 4. The number of hydrogen-bond donors (Lipinski definition) is 1. The molecule has 0 bridgehead atoms. The first kappa shape index (κ1) is 17.7. The third kappa shape index (κ3) is 3.60. The van der Waals surface area contributed by atoms with E-state index in [4.69, 9.17) is 0 Å². The van der Waals surface area contributed by atoms with Crippen LogP contribution in [0, 0.1) is 5.82 Å². The Hall–Kier alpha value is -2.67. The van der Waals surface area contributed by atoms with E-state index >= 15 is 0 Å². The van der Waals surface area contributed by atoms with Gasteiger partial charge in [-0.1, -0.05) is 0 Å². The average molecular weight is 382 g/mol. The summed E-state index contributed by atoms with van der Waals surface area (Å²) in [5.74, 6) is -0.536. The Morgan fingerprint density at radius 2 is 1.93 bits per heavy atom. The highest BCUT2D eigenvalue weighted by Gasteiger charge is 2.25. The SMILES string of the molecule is CSc1ccc(NC(=O)c2nn(-c3ccc(F)cc3)c3c2CCCC3)cn1. The molecule has 3 aromatic rings. The molecule has 2 aromatic heterocycles. The highest BCUT2D eigenvalue weighted by Crippen LogP contribution is 2.27. The Labute approximate surface area is 161 Å². The molecule has 0 radical (unpaired) electrons. The van der Waals surface area contributed by atoms with Gasteiger partial charge in [0.1, 0.15) is 5.82 Å². The number of thioether (sulfide) groups is 1. The minimum Gasteiger partial charge on any atom is -0.319 e. The smallest absolute Gasteiger partial charge is 0.276 e. The number of amides is 1. The number of anilines is 1. The van der Waals surface area contributed by atoms with Crippen LogP contribution in [0.4, 0.5) is 10.1 Å². The van der Waals surface area contributed by atoms with E-state index in [0.717, 1.165) is 47.7 Å². The normalized spacial score (nSPS) is 13.3. The number of nitrogens with one attached hydrogen (secondary N) is 1. The van der Waals surface area contributed by atoms with Gasteiger partial charge in [0.25, 0.3) is 5.91 Å². The van der Waals surface area contributed by atoms with E-state index in [1.165, 1.54) is 12.1 Å². The molecule has 0 fully saturated rings. The number of benzene rings is 1. The van der Waals surface area contributed by atoms with Crippen LogP contribution in [-0.2, 0) is 12.8 Å². The molecule has 0 spiro atoms. The average Bonchev–Trinajstić information content (AvgIpc) is 3.09. The van der Waals surface area contributed by atoms with Crippen molar-refractivity contribution in [1.82, 2.24) is 14.8 Å². The highest BCUT2D eigenvalue weighted by atomic mass is 32.2. The van der Waals surface area contributed by atoms with Crippen molar-refractivity contribution in [3.63, 3.8) is 0 Å². The number of fused-ring (bicyclic) bond motifs is 1. The fourth-order valence-electron chi connectivity index (χ4n) is 3.34. The van der Waals surface area contributed by atoms with Crippen LogP contribution in [-0.4, -0.2) is 26.9 Å². The summed E-state index contributed by atoms with van der Waals surface area (Å²) in [7, 11) is 0. The van der Waals surface area contributed by atoms with Crippen molar-refractivity contribution in [2.45, 2.75) is 30.7 Å². The molecule has 0 saturated carbocycles. The summed E-state index contributed by atoms with van der Waals surface area (Å²) in [4.78, 5) is 17.1. The van der Waals surface area contributed by atoms with Gasteiger partial charge in [0.15, 0.2) is 5.69 Å². The molecule has 27 heavy (non-hydrogen) atoms. The van der Waals surface area contributed by atoms with E-state index in [-0.39, 0.29) is 11.7 Å². The van der Waals surface area contributed by atoms with E-state index in [9.17, 15) is 9.18 Å². The Balaban J connectivity index is 1.67. The fraction of sp³-hybridized carbons (Fsp3) is 0.250. The van der Waals surface area contributed by atoms with Crippen molar-refractivity contribution in [1.29, 1.82) is 0 Å². The molecule has 0 atom stereocenters. The van der Waals surface area contributed by atoms with Crippen LogP contribution in [0.3, 0.4) is 0 Å². The van der Waals surface area contributed by atoms with Gasteiger partial charge in [-0.3, -0.25) is 4.79 Å². The largest absolute Gasteiger partial charge is 0.319 e. The molecule has 1 amide bonds. The fourth-order valence-corrected chi connectivity index (χ4v) is 3.70. The molecule has 1 aliphatic rings. The van der Waals surface area contributed by atoms with Crippen molar-refractivity contribution >= 4 is 23.4 Å². The molecule has 7 heteroatoms. The topological polar surface area (TPSA) is 59.8 Å². The quantitative estimate of drug-likeness (QED) is 0.685. The van der Waals surface area contributed by atoms with Gasteiger partial charge in [0.2, 0.25) is 0 Å². The van der Waals surface area contributed by atoms with E-state index in [1.54, 1.807) is 34.8 Å². The van der Waals surface area contributed by atoms with Crippen molar-refractivity contribution < 1.29 is 9.18 Å². The molecule has 5 nitrogen and oxygen atoms in total. The minimum atomic E-state index is -0.293. The molecule has 1 aromatic carbocycles. The summed E-state index contributed by atoms with van der Waals surface area (Å²) in [6, 6.07) is 9.89. The standard InChI is InChI=1S/C20H19FN4OS/c1-27-18-11-8-14(12-22-18)23-20(26)19-16-4-2-3-5-17(16)25(24-19)15-9-6-13(21)7-10-15/h6-12H,2-5H2,1H3,(H,23,26). The lowest BCUT2D eigenvalue weighted by atomic mass is 9.95. The molecule has 1 aliphatic carbocycles. The lowest BCUT2D eigenvalue weighted by Crippen LogP contribution is -2.15. The van der Waals surface area contributed by atoms with Crippen molar-refractivity contribution in [2.24, 2.45) is 0 Å². The molecular weight excluding hydrogens is 363 g/mol. The maximum Gasteiger partial charge on any atom is 0.276 e. The number of halogens is 1. The lowest BCUT2D eigenvalue weighted by Gasteiger charge is -2.14. The number of carbonyl (C=O) groups excluding carboxylic acids is 1. The monoisotopic (exact) mass is 382 g/mol. The van der Waals surface area contributed by atoms with Gasteiger partial charge in [-0.2, -0.15) is 5.10 Å². The van der Waals surface area contributed by atoms with Gasteiger partial charge < -0.3 is 5.32 Å². The maximum absolute atomic E-state index is 13.3. The van der Waals surface area contributed by atoms with Crippen LogP contribution < -0.4 is 5.32 Å². The molecule has 1 N–H and O–H groups in total. The van der Waals surface area contributed by atoms with Crippen LogP contribution in [0.2, 0.25) is 0 Å². The van der Waals surface area contributed by atoms with Crippen LogP contribution >= 0.6 is 11.8 Å². The lowest BCUT2D eigenvalue weighted by molar-refractivity contribution is 0.102. The Bertz CT molecular complexity index is 967. The number of nitrogens with zero attached hydrogens (tertiary/aromatic N) is 3. The van der Waals surface area contributed by atoms with Crippen LogP contribution in [0.25, 0.3) is 5.69 Å². The number of hydrogen-bond acceptors (Lipinski definition) is 4. The molecule has 0 saturated heterocycles. The van der Waals surface area contributed by atoms with Crippen LogP contribution in [0.5, 0.6) is 0 Å². The summed E-state index contributed by atoms with van der Waals surface area (Å²) >= 11 is 1.55. The highest BCUT2D eigenvalue weighted by molar-refractivity contribution is 7.98. The number of aromatic nitrogens is 3. The van der Waals surface area contributed by atoms with Gasteiger partial charge in [-0.05, 0) is 68.3 Å². The van der Waals surface area contributed by atoms with Gasteiger partial charge in [0.05, 0.1) is 22.6 Å². The first-order chi connectivity index (χ1) is 13.2. The summed E-state index contributed by atoms with van der Waals surface area (Å²) in [6.45, 7) is 0.